The number of hydrogen-bond donors (Lipinski definition) is 3. The molecule has 1 aromatic heterocycles. The molecule has 6 heteroatoms. The molecule has 21 heavy (non-hydrogen) atoms. The van der Waals surface area contributed by atoms with Crippen molar-refractivity contribution in [3.63, 3.8) is 0 Å². The Morgan fingerprint density at radius 2 is 1.67 bits per heavy atom. The second-order valence-electron chi connectivity index (χ2n) is 4.40. The van der Waals surface area contributed by atoms with Crippen molar-refractivity contribution in [2.24, 2.45) is 0 Å². The summed E-state index contributed by atoms with van der Waals surface area (Å²) in [6.07, 6.45) is 0. The molecule has 3 rings (SSSR count). The van der Waals surface area contributed by atoms with E-state index in [9.17, 15) is 20.1 Å². The summed E-state index contributed by atoms with van der Waals surface area (Å²) in [4.78, 5) is 12.1. The van der Waals surface area contributed by atoms with Crippen LogP contribution in [0.15, 0.2) is 45.6 Å². The number of fused-ring (bicyclic) bond motifs is 1. The van der Waals surface area contributed by atoms with Crippen LogP contribution in [0.1, 0.15) is 0 Å². The Kier molecular flexibility index (Phi) is 2.99. The van der Waals surface area contributed by atoms with Crippen LogP contribution in [-0.2, 0) is 0 Å². The molecule has 0 aliphatic heterocycles. The average Bonchev–Trinajstić information content (AvgIpc) is 2.49. The molecule has 0 amide bonds. The van der Waals surface area contributed by atoms with Crippen molar-refractivity contribution in [1.29, 1.82) is 0 Å². The van der Waals surface area contributed by atoms with E-state index in [4.69, 9.17) is 16.0 Å². The SMILES string of the molecule is O=c1c(O)c(-c2ccc(O)c(O)c2Cl)oc2ccccc12. The Morgan fingerprint density at radius 1 is 0.952 bits per heavy atom. The lowest BCUT2D eigenvalue weighted by Gasteiger charge is -2.09. The molecule has 0 saturated carbocycles. The number of rotatable bonds is 1. The second kappa shape index (κ2) is 4.71. The van der Waals surface area contributed by atoms with Gasteiger partial charge in [0.15, 0.2) is 17.3 Å². The highest BCUT2D eigenvalue weighted by Gasteiger charge is 2.20. The molecule has 0 bridgehead atoms. The van der Waals surface area contributed by atoms with Gasteiger partial charge in [-0.1, -0.05) is 23.7 Å². The van der Waals surface area contributed by atoms with Crippen molar-refractivity contribution in [3.8, 4) is 28.6 Å². The zero-order chi connectivity index (χ0) is 15.1. The van der Waals surface area contributed by atoms with E-state index >= 15 is 0 Å². The minimum atomic E-state index is -0.610. The fraction of sp³-hybridized carbons (Fsp3) is 0. The quantitative estimate of drug-likeness (QED) is 0.600. The monoisotopic (exact) mass is 304 g/mol. The van der Waals surface area contributed by atoms with E-state index < -0.39 is 22.7 Å². The maximum absolute atomic E-state index is 12.1. The maximum Gasteiger partial charge on any atom is 0.235 e. The number of hydrogen-bond acceptors (Lipinski definition) is 5. The summed E-state index contributed by atoms with van der Waals surface area (Å²) in [7, 11) is 0. The first-order valence-electron chi connectivity index (χ1n) is 5.96. The molecule has 0 saturated heterocycles. The number of halogens is 1. The second-order valence-corrected chi connectivity index (χ2v) is 4.78. The summed E-state index contributed by atoms with van der Waals surface area (Å²) in [5.41, 5.74) is -0.221. The van der Waals surface area contributed by atoms with E-state index in [2.05, 4.69) is 0 Å². The third-order valence-corrected chi connectivity index (χ3v) is 3.50. The van der Waals surface area contributed by atoms with Gasteiger partial charge in [0.25, 0.3) is 0 Å². The molecular formula is C15H9ClO5. The summed E-state index contributed by atoms with van der Waals surface area (Å²) < 4.78 is 5.51. The summed E-state index contributed by atoms with van der Waals surface area (Å²) in [6, 6.07) is 8.96. The number of aromatic hydroxyl groups is 3. The molecule has 0 aliphatic carbocycles. The summed E-state index contributed by atoms with van der Waals surface area (Å²) in [5, 5.41) is 29.1. The van der Waals surface area contributed by atoms with Gasteiger partial charge in [-0.05, 0) is 24.3 Å². The fourth-order valence-corrected chi connectivity index (χ4v) is 2.29. The van der Waals surface area contributed by atoms with Crippen LogP contribution in [0.4, 0.5) is 0 Å². The summed E-state index contributed by atoms with van der Waals surface area (Å²) >= 11 is 5.93. The van der Waals surface area contributed by atoms with E-state index in [-0.39, 0.29) is 27.3 Å². The van der Waals surface area contributed by atoms with Gasteiger partial charge < -0.3 is 19.7 Å². The van der Waals surface area contributed by atoms with Gasteiger partial charge in [0.05, 0.1) is 10.4 Å². The molecule has 106 valence electrons. The van der Waals surface area contributed by atoms with Crippen molar-refractivity contribution in [3.05, 3.63) is 51.6 Å². The fourth-order valence-electron chi connectivity index (χ4n) is 2.04. The van der Waals surface area contributed by atoms with Crippen LogP contribution >= 0.6 is 11.6 Å². The zero-order valence-electron chi connectivity index (χ0n) is 10.5. The van der Waals surface area contributed by atoms with Gasteiger partial charge in [0, 0.05) is 5.56 Å². The van der Waals surface area contributed by atoms with E-state index in [1.807, 2.05) is 0 Å². The van der Waals surface area contributed by atoms with Crippen LogP contribution < -0.4 is 5.43 Å². The Morgan fingerprint density at radius 3 is 2.43 bits per heavy atom. The predicted octanol–water partition coefficient (Wildman–Crippen LogP) is 3.23. The Bertz CT molecular complexity index is 914. The molecule has 0 spiro atoms. The lowest BCUT2D eigenvalue weighted by Crippen LogP contribution is -2.02. The molecule has 2 aromatic carbocycles. The van der Waals surface area contributed by atoms with Crippen LogP contribution in [0.2, 0.25) is 5.02 Å². The van der Waals surface area contributed by atoms with E-state index in [1.165, 1.54) is 18.2 Å². The average molecular weight is 305 g/mol. The Labute approximate surface area is 123 Å². The largest absolute Gasteiger partial charge is 0.504 e. The minimum absolute atomic E-state index is 0.104. The highest BCUT2D eigenvalue weighted by molar-refractivity contribution is 6.35. The van der Waals surface area contributed by atoms with Crippen molar-refractivity contribution in [1.82, 2.24) is 0 Å². The first-order valence-corrected chi connectivity index (χ1v) is 6.34. The third-order valence-electron chi connectivity index (χ3n) is 3.11. The van der Waals surface area contributed by atoms with Crippen LogP contribution in [0.5, 0.6) is 17.2 Å². The molecular weight excluding hydrogens is 296 g/mol. The first kappa shape index (κ1) is 13.3. The Balaban J connectivity index is 2.39. The first-order chi connectivity index (χ1) is 10.0. The molecule has 0 atom stereocenters. The molecule has 0 unspecified atom stereocenters. The summed E-state index contributed by atoms with van der Waals surface area (Å²) in [6.45, 7) is 0. The molecule has 1 heterocycles. The minimum Gasteiger partial charge on any atom is -0.504 e. The number of phenols is 2. The standard InChI is InChI=1S/C15H9ClO5/c16-11-8(5-6-9(17)13(11)19)15-14(20)12(18)7-3-1-2-4-10(7)21-15/h1-6,17,19-20H. The zero-order valence-corrected chi connectivity index (χ0v) is 11.3. The van der Waals surface area contributed by atoms with E-state index in [0.717, 1.165) is 0 Å². The van der Waals surface area contributed by atoms with Gasteiger partial charge >= 0.3 is 0 Å². The maximum atomic E-state index is 12.1. The normalized spacial score (nSPS) is 10.9. The van der Waals surface area contributed by atoms with Crippen LogP contribution in [0.25, 0.3) is 22.3 Å². The van der Waals surface area contributed by atoms with Gasteiger partial charge in [-0.2, -0.15) is 0 Å². The van der Waals surface area contributed by atoms with Gasteiger partial charge in [0.1, 0.15) is 5.58 Å². The van der Waals surface area contributed by atoms with Crippen molar-refractivity contribution in [2.45, 2.75) is 0 Å². The van der Waals surface area contributed by atoms with Crippen molar-refractivity contribution < 1.29 is 19.7 Å². The van der Waals surface area contributed by atoms with E-state index in [1.54, 1.807) is 18.2 Å². The smallest absolute Gasteiger partial charge is 0.235 e. The molecule has 3 aromatic rings. The molecule has 0 radical (unpaired) electrons. The van der Waals surface area contributed by atoms with Gasteiger partial charge in [-0.15, -0.1) is 0 Å². The third kappa shape index (κ3) is 1.98. The summed E-state index contributed by atoms with van der Waals surface area (Å²) in [5.74, 6) is -1.74. The lowest BCUT2D eigenvalue weighted by atomic mass is 10.1. The highest BCUT2D eigenvalue weighted by atomic mass is 35.5. The van der Waals surface area contributed by atoms with E-state index in [0.29, 0.717) is 0 Å². The number of para-hydroxylation sites is 1. The number of phenolic OH excluding ortho intramolecular Hbond substituents is 2. The highest BCUT2D eigenvalue weighted by Crippen LogP contribution is 2.42. The molecule has 0 aliphatic rings. The lowest BCUT2D eigenvalue weighted by molar-refractivity contribution is 0.403. The molecule has 5 nitrogen and oxygen atoms in total. The molecule has 3 N–H and O–H groups in total. The van der Waals surface area contributed by atoms with Gasteiger partial charge in [-0.25, -0.2) is 0 Å². The van der Waals surface area contributed by atoms with Crippen LogP contribution in [-0.4, -0.2) is 15.3 Å². The van der Waals surface area contributed by atoms with Crippen LogP contribution in [0.3, 0.4) is 0 Å². The van der Waals surface area contributed by atoms with Gasteiger partial charge in [0.2, 0.25) is 11.2 Å². The predicted molar refractivity (Wildman–Crippen MR) is 77.9 cm³/mol. The van der Waals surface area contributed by atoms with Crippen molar-refractivity contribution >= 4 is 22.6 Å². The Hall–Kier alpha value is -2.66. The topological polar surface area (TPSA) is 90.9 Å². The number of benzene rings is 2. The van der Waals surface area contributed by atoms with Crippen LogP contribution in [0, 0.1) is 0 Å². The molecule has 0 fully saturated rings. The van der Waals surface area contributed by atoms with Crippen molar-refractivity contribution in [2.75, 3.05) is 0 Å². The van der Waals surface area contributed by atoms with Gasteiger partial charge in [-0.3, -0.25) is 4.79 Å².